The number of carbonyl (C=O) groups is 1. The summed E-state index contributed by atoms with van der Waals surface area (Å²) in [5.74, 6) is 0. The van der Waals surface area contributed by atoms with Crippen molar-refractivity contribution in [2.45, 2.75) is 12.5 Å². The van der Waals surface area contributed by atoms with E-state index in [9.17, 15) is 9.90 Å². The molecule has 1 aromatic carbocycles. The number of aldehydes is 1. The summed E-state index contributed by atoms with van der Waals surface area (Å²) >= 11 is 3.38. The zero-order valence-corrected chi connectivity index (χ0v) is 9.77. The molecular formula is C11H12BrNO2. The lowest BCUT2D eigenvalue weighted by molar-refractivity contribution is 0.112. The Balaban J connectivity index is 2.33. The van der Waals surface area contributed by atoms with E-state index in [2.05, 4.69) is 15.9 Å². The summed E-state index contributed by atoms with van der Waals surface area (Å²) < 4.78 is 0.949. The molecule has 1 aliphatic heterocycles. The first-order valence-corrected chi connectivity index (χ1v) is 5.68. The van der Waals surface area contributed by atoms with Gasteiger partial charge in [-0.15, -0.1) is 0 Å². The van der Waals surface area contributed by atoms with Crippen LogP contribution in [0.4, 0.5) is 5.69 Å². The van der Waals surface area contributed by atoms with Crippen LogP contribution in [0.15, 0.2) is 22.7 Å². The Labute approximate surface area is 96.8 Å². The average Bonchev–Trinajstić information content (AvgIpc) is 2.65. The van der Waals surface area contributed by atoms with Crippen LogP contribution in [0.5, 0.6) is 0 Å². The van der Waals surface area contributed by atoms with Gasteiger partial charge in [-0.3, -0.25) is 4.79 Å². The fourth-order valence-electron chi connectivity index (χ4n) is 1.85. The van der Waals surface area contributed by atoms with Crippen LogP contribution in [-0.4, -0.2) is 30.6 Å². The Morgan fingerprint density at radius 3 is 2.93 bits per heavy atom. The third kappa shape index (κ3) is 2.21. The molecule has 1 N–H and O–H groups in total. The molecule has 4 heteroatoms. The SMILES string of the molecule is O=Cc1ccc(Br)cc1N1CCC(O)C1. The lowest BCUT2D eigenvalue weighted by Crippen LogP contribution is -2.22. The number of aliphatic hydroxyl groups is 1. The first kappa shape index (κ1) is 10.6. The second-order valence-corrected chi connectivity index (χ2v) is 4.63. The first-order valence-electron chi connectivity index (χ1n) is 4.88. The van der Waals surface area contributed by atoms with Crippen LogP contribution in [0.25, 0.3) is 0 Å². The van der Waals surface area contributed by atoms with Crippen molar-refractivity contribution in [2.24, 2.45) is 0 Å². The van der Waals surface area contributed by atoms with E-state index in [0.717, 1.165) is 29.4 Å². The number of hydrogen-bond donors (Lipinski definition) is 1. The number of hydrogen-bond acceptors (Lipinski definition) is 3. The number of carbonyl (C=O) groups excluding carboxylic acids is 1. The highest BCUT2D eigenvalue weighted by atomic mass is 79.9. The van der Waals surface area contributed by atoms with E-state index in [1.165, 1.54) is 0 Å². The van der Waals surface area contributed by atoms with Crippen molar-refractivity contribution < 1.29 is 9.90 Å². The number of nitrogens with zero attached hydrogens (tertiary/aromatic N) is 1. The minimum absolute atomic E-state index is 0.275. The smallest absolute Gasteiger partial charge is 0.152 e. The highest BCUT2D eigenvalue weighted by Gasteiger charge is 2.22. The fraction of sp³-hybridized carbons (Fsp3) is 0.364. The van der Waals surface area contributed by atoms with Crippen molar-refractivity contribution in [2.75, 3.05) is 18.0 Å². The second-order valence-electron chi connectivity index (χ2n) is 3.71. The summed E-state index contributed by atoms with van der Waals surface area (Å²) in [4.78, 5) is 12.9. The highest BCUT2D eigenvalue weighted by molar-refractivity contribution is 9.10. The maximum absolute atomic E-state index is 10.9. The van der Waals surface area contributed by atoms with E-state index in [-0.39, 0.29) is 6.10 Å². The molecule has 3 nitrogen and oxygen atoms in total. The molecule has 0 aromatic heterocycles. The van der Waals surface area contributed by atoms with Crippen molar-refractivity contribution in [3.63, 3.8) is 0 Å². The number of anilines is 1. The lowest BCUT2D eigenvalue weighted by Gasteiger charge is -2.19. The maximum Gasteiger partial charge on any atom is 0.152 e. The third-order valence-corrected chi connectivity index (χ3v) is 3.12. The molecule has 1 aliphatic rings. The molecule has 0 radical (unpaired) electrons. The molecule has 80 valence electrons. The average molecular weight is 270 g/mol. The van der Waals surface area contributed by atoms with Gasteiger partial charge in [0.05, 0.1) is 6.10 Å². The topological polar surface area (TPSA) is 40.5 Å². The molecular weight excluding hydrogens is 258 g/mol. The van der Waals surface area contributed by atoms with Crippen LogP contribution < -0.4 is 4.90 Å². The largest absolute Gasteiger partial charge is 0.391 e. The number of aliphatic hydroxyl groups excluding tert-OH is 1. The standard InChI is InChI=1S/C11H12BrNO2/c12-9-2-1-8(7-14)11(5-9)13-4-3-10(15)6-13/h1-2,5,7,10,15H,3-4,6H2. The van der Waals surface area contributed by atoms with Gasteiger partial charge in [-0.25, -0.2) is 0 Å². The molecule has 15 heavy (non-hydrogen) atoms. The molecule has 1 atom stereocenters. The Kier molecular flexibility index (Phi) is 3.07. The summed E-state index contributed by atoms with van der Waals surface area (Å²) in [5.41, 5.74) is 1.57. The summed E-state index contributed by atoms with van der Waals surface area (Å²) in [6.45, 7) is 1.41. The van der Waals surface area contributed by atoms with Crippen LogP contribution in [0, 0.1) is 0 Å². The van der Waals surface area contributed by atoms with Gasteiger partial charge < -0.3 is 10.0 Å². The molecule has 0 aliphatic carbocycles. The predicted molar refractivity (Wildman–Crippen MR) is 62.4 cm³/mol. The number of benzene rings is 1. The molecule has 0 spiro atoms. The van der Waals surface area contributed by atoms with Gasteiger partial charge in [0, 0.05) is 28.8 Å². The zero-order chi connectivity index (χ0) is 10.8. The molecule has 1 heterocycles. The van der Waals surface area contributed by atoms with Gasteiger partial charge in [0.2, 0.25) is 0 Å². The molecule has 1 fully saturated rings. The van der Waals surface area contributed by atoms with E-state index in [1.807, 2.05) is 17.0 Å². The number of β-amino-alcohol motifs (C(OH)–C–C–N with tert-alkyl or cyclic N) is 1. The van der Waals surface area contributed by atoms with Gasteiger partial charge in [-0.05, 0) is 24.6 Å². The van der Waals surface area contributed by atoms with Crippen molar-refractivity contribution in [1.29, 1.82) is 0 Å². The Morgan fingerprint density at radius 2 is 2.33 bits per heavy atom. The van der Waals surface area contributed by atoms with Gasteiger partial charge >= 0.3 is 0 Å². The summed E-state index contributed by atoms with van der Waals surface area (Å²) in [6.07, 6.45) is 1.35. The summed E-state index contributed by atoms with van der Waals surface area (Å²) in [7, 11) is 0. The third-order valence-electron chi connectivity index (χ3n) is 2.62. The highest BCUT2D eigenvalue weighted by Crippen LogP contribution is 2.27. The van der Waals surface area contributed by atoms with Gasteiger partial charge in [0.1, 0.15) is 0 Å². The van der Waals surface area contributed by atoms with Gasteiger partial charge in [0.15, 0.2) is 6.29 Å². The normalized spacial score (nSPS) is 20.7. The summed E-state index contributed by atoms with van der Waals surface area (Å²) in [6, 6.07) is 5.55. The minimum Gasteiger partial charge on any atom is -0.391 e. The van der Waals surface area contributed by atoms with Crippen molar-refractivity contribution in [3.8, 4) is 0 Å². The van der Waals surface area contributed by atoms with E-state index in [4.69, 9.17) is 0 Å². The van der Waals surface area contributed by atoms with Crippen LogP contribution in [0.1, 0.15) is 16.8 Å². The quantitative estimate of drug-likeness (QED) is 0.833. The Hall–Kier alpha value is -0.870. The van der Waals surface area contributed by atoms with Crippen molar-refractivity contribution in [3.05, 3.63) is 28.2 Å². The molecule has 1 unspecified atom stereocenters. The molecule has 1 aromatic rings. The number of halogens is 1. The van der Waals surface area contributed by atoms with E-state index < -0.39 is 0 Å². The van der Waals surface area contributed by atoms with Crippen molar-refractivity contribution >= 4 is 27.9 Å². The molecule has 0 bridgehead atoms. The zero-order valence-electron chi connectivity index (χ0n) is 8.19. The minimum atomic E-state index is -0.275. The Bertz CT molecular complexity index is 381. The first-order chi connectivity index (χ1) is 7.20. The summed E-state index contributed by atoms with van der Waals surface area (Å²) in [5, 5.41) is 9.45. The van der Waals surface area contributed by atoms with Gasteiger partial charge in [-0.1, -0.05) is 15.9 Å². The maximum atomic E-state index is 10.9. The van der Waals surface area contributed by atoms with E-state index in [0.29, 0.717) is 12.1 Å². The molecule has 1 saturated heterocycles. The van der Waals surface area contributed by atoms with Crippen molar-refractivity contribution in [1.82, 2.24) is 0 Å². The van der Waals surface area contributed by atoms with Crippen LogP contribution in [-0.2, 0) is 0 Å². The van der Waals surface area contributed by atoms with Crippen LogP contribution >= 0.6 is 15.9 Å². The fourth-order valence-corrected chi connectivity index (χ4v) is 2.20. The second kappa shape index (κ2) is 4.33. The number of rotatable bonds is 2. The van der Waals surface area contributed by atoms with Crippen LogP contribution in [0.3, 0.4) is 0 Å². The lowest BCUT2D eigenvalue weighted by atomic mass is 10.2. The Morgan fingerprint density at radius 1 is 1.53 bits per heavy atom. The van der Waals surface area contributed by atoms with E-state index in [1.54, 1.807) is 6.07 Å². The molecule has 0 saturated carbocycles. The molecule has 0 amide bonds. The van der Waals surface area contributed by atoms with Crippen LogP contribution in [0.2, 0.25) is 0 Å². The van der Waals surface area contributed by atoms with Gasteiger partial charge in [0.25, 0.3) is 0 Å². The van der Waals surface area contributed by atoms with E-state index >= 15 is 0 Å². The van der Waals surface area contributed by atoms with Gasteiger partial charge in [-0.2, -0.15) is 0 Å². The monoisotopic (exact) mass is 269 g/mol. The predicted octanol–water partition coefficient (Wildman–Crippen LogP) is 1.83. The molecule has 2 rings (SSSR count).